The molecule has 214 valence electrons. The summed E-state index contributed by atoms with van der Waals surface area (Å²) < 4.78 is 54.6. The van der Waals surface area contributed by atoms with Crippen LogP contribution in [0.4, 0.5) is 4.39 Å². The van der Waals surface area contributed by atoms with Crippen LogP contribution in [0, 0.1) is 18.7 Å². The predicted octanol–water partition coefficient (Wildman–Crippen LogP) is 5.96. The van der Waals surface area contributed by atoms with E-state index in [0.29, 0.717) is 34.9 Å². The second-order valence-electron chi connectivity index (χ2n) is 11.3. The number of nitrogens with zero attached hydrogens (tertiary/aromatic N) is 2. The molecule has 0 saturated carbocycles. The Labute approximate surface area is 236 Å². The van der Waals surface area contributed by atoms with Gasteiger partial charge >= 0.3 is 0 Å². The molecule has 0 saturated heterocycles. The summed E-state index contributed by atoms with van der Waals surface area (Å²) in [7, 11) is -4.26. The first-order valence-corrected chi connectivity index (χ1v) is 14.4. The highest BCUT2D eigenvalue weighted by molar-refractivity contribution is 7.90. The first-order chi connectivity index (χ1) is 18.6. The molecule has 1 amide bonds. The van der Waals surface area contributed by atoms with Crippen molar-refractivity contribution < 1.29 is 28.5 Å². The van der Waals surface area contributed by atoms with E-state index in [4.69, 9.17) is 14.5 Å². The van der Waals surface area contributed by atoms with Gasteiger partial charge in [-0.2, -0.15) is 8.42 Å². The van der Waals surface area contributed by atoms with E-state index in [9.17, 15) is 17.6 Å². The highest BCUT2D eigenvalue weighted by Gasteiger charge is 2.41. The molecule has 1 aromatic carbocycles. The number of amides is 1. The SMILES string of the molecule is Cc1cccc(S(=O)(=O)NC(=O)c2ccc(-c3cc(F)cc(OCC(C)C)c3)nc2C2=CC(C)(C)OC2(C)C)n1.[HH]. The summed E-state index contributed by atoms with van der Waals surface area (Å²) in [6, 6.07) is 11.9. The quantitative estimate of drug-likeness (QED) is 0.357. The van der Waals surface area contributed by atoms with Crippen molar-refractivity contribution in [2.75, 3.05) is 6.61 Å². The number of hydrogen-bond acceptors (Lipinski definition) is 7. The number of halogens is 1. The molecule has 4 rings (SSSR count). The molecular formula is C30H36FN3O5S. The van der Waals surface area contributed by atoms with Crippen LogP contribution in [-0.2, 0) is 14.8 Å². The fraction of sp³-hybridized carbons (Fsp3) is 0.367. The van der Waals surface area contributed by atoms with Crippen LogP contribution in [0.5, 0.6) is 5.75 Å². The van der Waals surface area contributed by atoms with Gasteiger partial charge < -0.3 is 9.47 Å². The molecule has 3 aromatic rings. The molecule has 0 fully saturated rings. The Hall–Kier alpha value is -3.63. The second-order valence-corrected chi connectivity index (χ2v) is 12.9. The van der Waals surface area contributed by atoms with Crippen LogP contribution in [0.15, 0.2) is 59.6 Å². The van der Waals surface area contributed by atoms with Crippen LogP contribution in [-0.4, -0.2) is 42.1 Å². The number of hydrogen-bond donors (Lipinski definition) is 1. The molecule has 0 bridgehead atoms. The molecule has 1 N–H and O–H groups in total. The minimum atomic E-state index is -4.26. The lowest BCUT2D eigenvalue weighted by molar-refractivity contribution is -0.0444. The maximum absolute atomic E-state index is 14.6. The molecular weight excluding hydrogens is 533 g/mol. The average molecular weight is 570 g/mol. The third-order valence-corrected chi connectivity index (χ3v) is 7.40. The van der Waals surface area contributed by atoms with Crippen LogP contribution in [0.2, 0.25) is 0 Å². The zero-order valence-electron chi connectivity index (χ0n) is 23.7. The maximum atomic E-state index is 14.6. The van der Waals surface area contributed by atoms with Gasteiger partial charge in [-0.1, -0.05) is 19.9 Å². The summed E-state index contributed by atoms with van der Waals surface area (Å²) in [5, 5.41) is -0.273. The van der Waals surface area contributed by atoms with Gasteiger partial charge in [0, 0.05) is 24.3 Å². The van der Waals surface area contributed by atoms with E-state index in [1.807, 2.05) is 47.6 Å². The smallest absolute Gasteiger partial charge is 0.281 e. The molecule has 10 heteroatoms. The van der Waals surface area contributed by atoms with Crippen LogP contribution in [0.25, 0.3) is 16.8 Å². The van der Waals surface area contributed by atoms with Crippen molar-refractivity contribution in [2.24, 2.45) is 5.92 Å². The summed E-state index contributed by atoms with van der Waals surface area (Å²) in [6.45, 7) is 13.5. The highest BCUT2D eigenvalue weighted by atomic mass is 32.2. The van der Waals surface area contributed by atoms with Gasteiger partial charge in [0.05, 0.1) is 34.8 Å². The molecule has 3 heterocycles. The average Bonchev–Trinajstić information content (AvgIpc) is 3.08. The summed E-state index contributed by atoms with van der Waals surface area (Å²) in [6.07, 6.45) is 1.86. The van der Waals surface area contributed by atoms with Gasteiger partial charge in [0.25, 0.3) is 15.9 Å². The minimum absolute atomic E-state index is 0. The van der Waals surface area contributed by atoms with Crippen molar-refractivity contribution in [1.82, 2.24) is 14.7 Å². The molecule has 1 aliphatic heterocycles. The number of carbonyl (C=O) groups excluding carboxylic acids is 1. The molecule has 0 radical (unpaired) electrons. The lowest BCUT2D eigenvalue weighted by Gasteiger charge is -2.27. The van der Waals surface area contributed by atoms with Gasteiger partial charge in [-0.15, -0.1) is 0 Å². The predicted molar refractivity (Wildman–Crippen MR) is 153 cm³/mol. The van der Waals surface area contributed by atoms with E-state index >= 15 is 0 Å². The van der Waals surface area contributed by atoms with E-state index < -0.39 is 32.9 Å². The number of pyridine rings is 2. The molecule has 40 heavy (non-hydrogen) atoms. The summed E-state index contributed by atoms with van der Waals surface area (Å²) in [4.78, 5) is 22.3. The summed E-state index contributed by atoms with van der Waals surface area (Å²) >= 11 is 0. The number of carbonyl (C=O) groups is 1. The fourth-order valence-electron chi connectivity index (χ4n) is 4.58. The Morgan fingerprint density at radius 1 is 1.10 bits per heavy atom. The Morgan fingerprint density at radius 3 is 2.45 bits per heavy atom. The maximum Gasteiger partial charge on any atom is 0.281 e. The molecule has 2 aromatic heterocycles. The normalized spacial score (nSPS) is 16.1. The lowest BCUT2D eigenvalue weighted by Crippen LogP contribution is -2.33. The molecule has 8 nitrogen and oxygen atoms in total. The Bertz CT molecular complexity index is 1600. The van der Waals surface area contributed by atoms with E-state index in [2.05, 4.69) is 9.71 Å². The Kier molecular flexibility index (Phi) is 7.88. The van der Waals surface area contributed by atoms with Crippen LogP contribution < -0.4 is 9.46 Å². The van der Waals surface area contributed by atoms with Crippen molar-refractivity contribution in [3.63, 3.8) is 0 Å². The molecule has 0 aliphatic carbocycles. The van der Waals surface area contributed by atoms with Gasteiger partial charge in [-0.05, 0) is 83.0 Å². The van der Waals surface area contributed by atoms with Crippen molar-refractivity contribution in [3.05, 3.63) is 77.4 Å². The third kappa shape index (κ3) is 6.56. The van der Waals surface area contributed by atoms with Crippen molar-refractivity contribution in [3.8, 4) is 17.0 Å². The molecule has 1 aliphatic rings. The monoisotopic (exact) mass is 569 g/mol. The molecule has 0 spiro atoms. The number of ether oxygens (including phenoxy) is 2. The van der Waals surface area contributed by atoms with E-state index in [1.54, 1.807) is 31.2 Å². The summed E-state index contributed by atoms with van der Waals surface area (Å²) in [5.41, 5.74) is 0.646. The zero-order valence-corrected chi connectivity index (χ0v) is 24.5. The number of rotatable bonds is 8. The largest absolute Gasteiger partial charge is 0.493 e. The Balaban J connectivity index is 0.00000462. The number of nitrogens with one attached hydrogen (secondary N) is 1. The molecule has 0 atom stereocenters. The van der Waals surface area contributed by atoms with Gasteiger partial charge in [0.2, 0.25) is 0 Å². The van der Waals surface area contributed by atoms with Crippen molar-refractivity contribution >= 4 is 21.5 Å². The third-order valence-electron chi connectivity index (χ3n) is 6.17. The summed E-state index contributed by atoms with van der Waals surface area (Å²) in [5.74, 6) is -0.766. The number of aromatic nitrogens is 2. The fourth-order valence-corrected chi connectivity index (χ4v) is 5.56. The van der Waals surface area contributed by atoms with Crippen LogP contribution in [0.1, 0.15) is 64.7 Å². The van der Waals surface area contributed by atoms with Crippen molar-refractivity contribution in [2.45, 2.75) is 64.7 Å². The zero-order chi connectivity index (χ0) is 29.5. The number of aryl methyl sites for hydroxylation is 1. The van der Waals surface area contributed by atoms with Gasteiger partial charge in [-0.25, -0.2) is 19.1 Å². The first-order valence-electron chi connectivity index (χ1n) is 13.0. The molecule has 0 unspecified atom stereocenters. The second kappa shape index (κ2) is 10.7. The van der Waals surface area contributed by atoms with Gasteiger partial charge in [-0.3, -0.25) is 4.79 Å². The van der Waals surface area contributed by atoms with Gasteiger partial charge in [0.1, 0.15) is 11.6 Å². The minimum Gasteiger partial charge on any atom is -0.493 e. The van der Waals surface area contributed by atoms with E-state index in [1.165, 1.54) is 24.3 Å². The van der Waals surface area contributed by atoms with E-state index in [-0.39, 0.29) is 23.6 Å². The van der Waals surface area contributed by atoms with E-state index in [0.717, 1.165) is 0 Å². The number of sulfonamides is 1. The highest BCUT2D eigenvalue weighted by Crippen LogP contribution is 2.43. The standard InChI is InChI=1S/C30H34FN3O5S.H2/c1-18(2)17-38-22-14-20(13-21(31)15-22)25-12-11-23(27(33-25)24-16-29(4,5)39-30(24,6)7)28(35)34-40(36,37)26-10-8-9-19(3)32-26;/h8-16,18H,17H2,1-7H3,(H,34,35);1H. The van der Waals surface area contributed by atoms with Crippen molar-refractivity contribution in [1.29, 1.82) is 0 Å². The topological polar surface area (TPSA) is 107 Å². The van der Waals surface area contributed by atoms with Gasteiger partial charge in [0.15, 0.2) is 5.03 Å². The number of benzene rings is 1. The van der Waals surface area contributed by atoms with Crippen LogP contribution in [0.3, 0.4) is 0 Å². The first kappa shape index (κ1) is 29.4. The van der Waals surface area contributed by atoms with Crippen LogP contribution >= 0.6 is 0 Å². The Morgan fingerprint density at radius 2 is 1.82 bits per heavy atom. The lowest BCUT2D eigenvalue weighted by atomic mass is 9.91.